The lowest BCUT2D eigenvalue weighted by molar-refractivity contribution is -0.128. The standard InChI is InChI=1S/C14H22N4O2/c1-4-14(5-2,12(15)18-20)13(19)17-9-11-6-7-16-8-10(11)3/h6-8,20H,4-5,9H2,1-3H3,(H2,15,18)(H,17,19). The summed E-state index contributed by atoms with van der Waals surface area (Å²) >= 11 is 0. The maximum atomic E-state index is 12.4. The minimum Gasteiger partial charge on any atom is -0.409 e. The van der Waals surface area contributed by atoms with Crippen molar-refractivity contribution in [1.29, 1.82) is 0 Å². The van der Waals surface area contributed by atoms with Gasteiger partial charge in [-0.25, -0.2) is 0 Å². The number of rotatable bonds is 6. The molecule has 6 nitrogen and oxygen atoms in total. The number of aryl methyl sites for hydroxylation is 1. The van der Waals surface area contributed by atoms with Crippen molar-refractivity contribution in [2.75, 3.05) is 0 Å². The molecule has 1 heterocycles. The first-order valence-electron chi connectivity index (χ1n) is 6.67. The highest BCUT2D eigenvalue weighted by molar-refractivity contribution is 6.06. The smallest absolute Gasteiger partial charge is 0.234 e. The first-order valence-corrected chi connectivity index (χ1v) is 6.67. The molecule has 0 aliphatic heterocycles. The van der Waals surface area contributed by atoms with Crippen LogP contribution in [0.25, 0.3) is 0 Å². The summed E-state index contributed by atoms with van der Waals surface area (Å²) in [7, 11) is 0. The first kappa shape index (κ1) is 15.9. The number of nitrogens with one attached hydrogen (secondary N) is 1. The van der Waals surface area contributed by atoms with Crippen molar-refractivity contribution >= 4 is 11.7 Å². The van der Waals surface area contributed by atoms with Crippen LogP contribution in [0.4, 0.5) is 0 Å². The molecule has 1 aromatic rings. The van der Waals surface area contributed by atoms with Crippen LogP contribution < -0.4 is 11.1 Å². The Morgan fingerprint density at radius 3 is 2.65 bits per heavy atom. The molecule has 0 bridgehead atoms. The van der Waals surface area contributed by atoms with Crippen LogP contribution in [0.15, 0.2) is 23.6 Å². The van der Waals surface area contributed by atoms with E-state index in [1.54, 1.807) is 12.4 Å². The molecule has 0 aliphatic carbocycles. The van der Waals surface area contributed by atoms with Crippen LogP contribution in [0.5, 0.6) is 0 Å². The minimum absolute atomic E-state index is 0.0496. The van der Waals surface area contributed by atoms with Crippen LogP contribution in [-0.2, 0) is 11.3 Å². The third-order valence-electron chi connectivity index (χ3n) is 3.82. The molecular weight excluding hydrogens is 256 g/mol. The number of pyridine rings is 1. The largest absolute Gasteiger partial charge is 0.409 e. The number of carbonyl (C=O) groups excluding carboxylic acids is 1. The molecule has 4 N–H and O–H groups in total. The zero-order valence-corrected chi connectivity index (χ0v) is 12.2. The van der Waals surface area contributed by atoms with E-state index in [1.807, 2.05) is 26.8 Å². The predicted molar refractivity (Wildman–Crippen MR) is 77.2 cm³/mol. The van der Waals surface area contributed by atoms with Crippen LogP contribution in [-0.4, -0.2) is 21.9 Å². The Morgan fingerprint density at radius 1 is 1.50 bits per heavy atom. The molecule has 0 fully saturated rings. The highest BCUT2D eigenvalue weighted by Crippen LogP contribution is 2.27. The molecule has 0 atom stereocenters. The second-order valence-corrected chi connectivity index (χ2v) is 4.76. The van der Waals surface area contributed by atoms with E-state index in [0.29, 0.717) is 19.4 Å². The molecule has 0 radical (unpaired) electrons. The minimum atomic E-state index is -0.963. The second kappa shape index (κ2) is 6.88. The van der Waals surface area contributed by atoms with Gasteiger partial charge in [-0.15, -0.1) is 0 Å². The van der Waals surface area contributed by atoms with Gasteiger partial charge < -0.3 is 16.3 Å². The highest BCUT2D eigenvalue weighted by atomic mass is 16.4. The molecule has 0 spiro atoms. The lowest BCUT2D eigenvalue weighted by Gasteiger charge is -2.28. The van der Waals surface area contributed by atoms with E-state index in [9.17, 15) is 4.79 Å². The number of carbonyl (C=O) groups is 1. The Kier molecular flexibility index (Phi) is 5.49. The summed E-state index contributed by atoms with van der Waals surface area (Å²) in [6, 6.07) is 1.86. The van der Waals surface area contributed by atoms with Gasteiger partial charge in [0.2, 0.25) is 5.91 Å². The zero-order chi connectivity index (χ0) is 15.2. The summed E-state index contributed by atoms with van der Waals surface area (Å²) in [4.78, 5) is 16.4. The van der Waals surface area contributed by atoms with Crippen LogP contribution >= 0.6 is 0 Å². The molecule has 6 heteroatoms. The van der Waals surface area contributed by atoms with E-state index < -0.39 is 5.41 Å². The molecule has 0 saturated carbocycles. The van der Waals surface area contributed by atoms with Crippen LogP contribution in [0, 0.1) is 12.3 Å². The van der Waals surface area contributed by atoms with Gasteiger partial charge in [0.25, 0.3) is 0 Å². The first-order chi connectivity index (χ1) is 9.51. The number of amidine groups is 1. The predicted octanol–water partition coefficient (Wildman–Crippen LogP) is 1.56. The van der Waals surface area contributed by atoms with Gasteiger partial charge in [0.1, 0.15) is 5.41 Å². The Labute approximate surface area is 119 Å². The third-order valence-corrected chi connectivity index (χ3v) is 3.82. The lowest BCUT2D eigenvalue weighted by Crippen LogP contribution is -2.49. The Hall–Kier alpha value is -2.11. The van der Waals surface area contributed by atoms with Crippen molar-refractivity contribution in [3.05, 3.63) is 29.6 Å². The number of hydrogen-bond acceptors (Lipinski definition) is 4. The van der Waals surface area contributed by atoms with Crippen LogP contribution in [0.1, 0.15) is 37.8 Å². The van der Waals surface area contributed by atoms with E-state index in [2.05, 4.69) is 15.5 Å². The molecule has 0 aromatic carbocycles. The van der Waals surface area contributed by atoms with Gasteiger partial charge in [0, 0.05) is 18.9 Å². The molecule has 0 saturated heterocycles. The quantitative estimate of drug-likeness (QED) is 0.318. The van der Waals surface area contributed by atoms with Crippen molar-refractivity contribution in [2.45, 2.75) is 40.2 Å². The Morgan fingerprint density at radius 2 is 2.15 bits per heavy atom. The summed E-state index contributed by atoms with van der Waals surface area (Å²) in [5, 5.41) is 14.8. The van der Waals surface area contributed by atoms with Gasteiger partial charge in [0.05, 0.1) is 0 Å². The van der Waals surface area contributed by atoms with E-state index in [0.717, 1.165) is 11.1 Å². The maximum Gasteiger partial charge on any atom is 0.234 e. The normalized spacial score (nSPS) is 12.2. The number of aromatic nitrogens is 1. The summed E-state index contributed by atoms with van der Waals surface area (Å²) in [5.41, 5.74) is 6.74. The van der Waals surface area contributed by atoms with E-state index >= 15 is 0 Å². The van der Waals surface area contributed by atoms with Gasteiger partial charge >= 0.3 is 0 Å². The summed E-state index contributed by atoms with van der Waals surface area (Å²) in [6.45, 7) is 6.02. The zero-order valence-electron chi connectivity index (χ0n) is 12.2. The lowest BCUT2D eigenvalue weighted by atomic mass is 9.80. The number of nitrogens with zero attached hydrogens (tertiary/aromatic N) is 2. The fraction of sp³-hybridized carbons (Fsp3) is 0.500. The summed E-state index contributed by atoms with van der Waals surface area (Å²) < 4.78 is 0. The van der Waals surface area contributed by atoms with Crippen molar-refractivity contribution in [1.82, 2.24) is 10.3 Å². The van der Waals surface area contributed by atoms with Gasteiger partial charge in [-0.05, 0) is 37.0 Å². The van der Waals surface area contributed by atoms with Gasteiger partial charge in [0.15, 0.2) is 5.84 Å². The maximum absolute atomic E-state index is 12.4. The van der Waals surface area contributed by atoms with Gasteiger partial charge in [-0.1, -0.05) is 19.0 Å². The molecule has 110 valence electrons. The molecule has 1 amide bonds. The molecule has 20 heavy (non-hydrogen) atoms. The molecular formula is C14H22N4O2. The molecule has 1 rings (SSSR count). The Bertz CT molecular complexity index is 496. The molecule has 1 aromatic heterocycles. The highest BCUT2D eigenvalue weighted by Gasteiger charge is 2.39. The van der Waals surface area contributed by atoms with Gasteiger partial charge in [-0.2, -0.15) is 0 Å². The van der Waals surface area contributed by atoms with Crippen LogP contribution in [0.3, 0.4) is 0 Å². The van der Waals surface area contributed by atoms with Crippen molar-refractivity contribution in [2.24, 2.45) is 16.3 Å². The SMILES string of the molecule is CCC(CC)(C(=O)NCc1ccncc1C)/C(N)=N/O. The van der Waals surface area contributed by atoms with Crippen LogP contribution in [0.2, 0.25) is 0 Å². The summed E-state index contributed by atoms with van der Waals surface area (Å²) in [5.74, 6) is -0.277. The fourth-order valence-electron chi connectivity index (χ4n) is 2.19. The van der Waals surface area contributed by atoms with Crippen molar-refractivity contribution in [3.8, 4) is 0 Å². The van der Waals surface area contributed by atoms with E-state index in [1.165, 1.54) is 0 Å². The topological polar surface area (TPSA) is 101 Å². The van der Waals surface area contributed by atoms with Gasteiger partial charge in [-0.3, -0.25) is 9.78 Å². The second-order valence-electron chi connectivity index (χ2n) is 4.76. The van der Waals surface area contributed by atoms with E-state index in [4.69, 9.17) is 10.9 Å². The average Bonchev–Trinajstić information content (AvgIpc) is 2.47. The van der Waals surface area contributed by atoms with E-state index in [-0.39, 0.29) is 11.7 Å². The number of hydrogen-bond donors (Lipinski definition) is 3. The Balaban J connectivity index is 2.86. The van der Waals surface area contributed by atoms with Crippen molar-refractivity contribution in [3.63, 3.8) is 0 Å². The third kappa shape index (κ3) is 3.07. The average molecular weight is 278 g/mol. The van der Waals surface area contributed by atoms with Crippen molar-refractivity contribution < 1.29 is 10.0 Å². The number of nitrogens with two attached hydrogens (primary N) is 1. The summed E-state index contributed by atoms with van der Waals surface area (Å²) in [6.07, 6.45) is 4.38. The number of oxime groups is 1. The monoisotopic (exact) mass is 278 g/mol. The number of amides is 1. The molecule has 0 aliphatic rings. The molecule has 0 unspecified atom stereocenters. The fourth-order valence-corrected chi connectivity index (χ4v) is 2.19.